The van der Waals surface area contributed by atoms with E-state index in [-0.39, 0.29) is 5.97 Å². The number of para-hydroxylation sites is 1. The topological polar surface area (TPSA) is 76.1 Å². The molecule has 0 unspecified atom stereocenters. The first kappa shape index (κ1) is 18.7. The number of rotatable bonds is 8. The zero-order chi connectivity index (χ0) is 18.2. The van der Waals surface area contributed by atoms with Crippen LogP contribution in [0, 0.1) is 12.8 Å². The van der Waals surface area contributed by atoms with Gasteiger partial charge >= 0.3 is 5.97 Å². The Bertz CT molecular complexity index is 716. The normalized spacial score (nSPS) is 10.6. The van der Waals surface area contributed by atoms with Crippen LogP contribution >= 0.6 is 0 Å². The fourth-order valence-electron chi connectivity index (χ4n) is 2.30. The highest BCUT2D eigenvalue weighted by molar-refractivity contribution is 5.96. The Labute approximate surface area is 149 Å². The molecule has 134 valence electrons. The molecule has 6 nitrogen and oxygen atoms in total. The van der Waals surface area contributed by atoms with Gasteiger partial charge in [0.1, 0.15) is 5.82 Å². The van der Waals surface area contributed by atoms with Crippen molar-refractivity contribution in [1.29, 1.82) is 0 Å². The maximum atomic E-state index is 12.1. The fourth-order valence-corrected chi connectivity index (χ4v) is 2.30. The van der Waals surface area contributed by atoms with Crippen molar-refractivity contribution in [3.8, 4) is 0 Å². The molecule has 6 heteroatoms. The van der Waals surface area contributed by atoms with E-state index in [9.17, 15) is 4.79 Å². The summed E-state index contributed by atoms with van der Waals surface area (Å²) in [6, 6.07) is 9.08. The number of anilines is 3. The van der Waals surface area contributed by atoms with Crippen LogP contribution in [0.15, 0.2) is 30.3 Å². The van der Waals surface area contributed by atoms with E-state index >= 15 is 0 Å². The van der Waals surface area contributed by atoms with Crippen LogP contribution in [0.25, 0.3) is 0 Å². The molecule has 0 amide bonds. The van der Waals surface area contributed by atoms with Crippen molar-refractivity contribution < 1.29 is 9.53 Å². The molecule has 2 aromatic rings. The van der Waals surface area contributed by atoms with Crippen molar-refractivity contribution in [1.82, 2.24) is 9.97 Å². The van der Waals surface area contributed by atoms with Gasteiger partial charge in [0.25, 0.3) is 0 Å². The second kappa shape index (κ2) is 9.01. The number of hydrogen-bond acceptors (Lipinski definition) is 6. The Hall–Kier alpha value is -2.63. The Morgan fingerprint density at radius 1 is 1.24 bits per heavy atom. The van der Waals surface area contributed by atoms with E-state index in [1.807, 2.05) is 25.1 Å². The minimum Gasteiger partial charge on any atom is -0.462 e. The molecule has 0 saturated carbocycles. The highest BCUT2D eigenvalue weighted by Gasteiger charge is 2.13. The van der Waals surface area contributed by atoms with E-state index in [1.165, 1.54) is 0 Å². The standard InChI is InChI=1S/C19H26N4O2/c1-5-25-18(24)15-8-6-7-9-16(15)22-19-21-14(4)12-17(23-19)20-11-10-13(2)3/h6-9,12-13H,5,10-11H2,1-4H3,(H2,20,21,22,23). The molecule has 1 aromatic heterocycles. The first-order valence-corrected chi connectivity index (χ1v) is 8.62. The van der Waals surface area contributed by atoms with E-state index in [0.717, 1.165) is 24.5 Å². The summed E-state index contributed by atoms with van der Waals surface area (Å²) in [5.41, 5.74) is 1.93. The van der Waals surface area contributed by atoms with Crippen molar-refractivity contribution >= 4 is 23.4 Å². The van der Waals surface area contributed by atoms with Crippen LogP contribution in [0.5, 0.6) is 0 Å². The minimum absolute atomic E-state index is 0.331. The first-order valence-electron chi connectivity index (χ1n) is 8.62. The summed E-state index contributed by atoms with van der Waals surface area (Å²) in [6.45, 7) is 9.26. The second-order valence-electron chi connectivity index (χ2n) is 6.22. The quantitative estimate of drug-likeness (QED) is 0.702. The molecule has 0 aliphatic rings. The molecule has 1 heterocycles. The number of esters is 1. The maximum absolute atomic E-state index is 12.1. The Morgan fingerprint density at radius 2 is 2.00 bits per heavy atom. The molecule has 2 rings (SSSR count). The fraction of sp³-hybridized carbons (Fsp3) is 0.421. The van der Waals surface area contributed by atoms with Gasteiger partial charge in [-0.05, 0) is 38.3 Å². The summed E-state index contributed by atoms with van der Waals surface area (Å²) in [5.74, 6) is 1.48. The van der Waals surface area contributed by atoms with Crippen molar-refractivity contribution in [2.24, 2.45) is 5.92 Å². The van der Waals surface area contributed by atoms with E-state index in [0.29, 0.717) is 29.7 Å². The highest BCUT2D eigenvalue weighted by atomic mass is 16.5. The number of nitrogens with zero attached hydrogens (tertiary/aromatic N) is 2. The van der Waals surface area contributed by atoms with E-state index < -0.39 is 0 Å². The van der Waals surface area contributed by atoms with Gasteiger partial charge in [0.2, 0.25) is 5.95 Å². The van der Waals surface area contributed by atoms with Gasteiger partial charge in [-0.3, -0.25) is 0 Å². The van der Waals surface area contributed by atoms with Crippen LogP contribution in [0.3, 0.4) is 0 Å². The van der Waals surface area contributed by atoms with E-state index in [2.05, 4.69) is 34.4 Å². The molecule has 2 N–H and O–H groups in total. The predicted octanol–water partition coefficient (Wildman–Crippen LogP) is 4.16. The van der Waals surface area contributed by atoms with Crippen LogP contribution in [0.1, 0.15) is 43.2 Å². The number of aromatic nitrogens is 2. The van der Waals surface area contributed by atoms with Crippen LogP contribution in [0.2, 0.25) is 0 Å². The second-order valence-corrected chi connectivity index (χ2v) is 6.22. The summed E-state index contributed by atoms with van der Waals surface area (Å²) in [6.07, 6.45) is 1.07. The SMILES string of the molecule is CCOC(=O)c1ccccc1Nc1nc(C)cc(NCCC(C)C)n1. The summed E-state index contributed by atoms with van der Waals surface area (Å²) < 4.78 is 5.10. The third-order valence-corrected chi connectivity index (χ3v) is 3.55. The monoisotopic (exact) mass is 342 g/mol. The number of hydrogen-bond donors (Lipinski definition) is 2. The van der Waals surface area contributed by atoms with Crippen LogP contribution in [0.4, 0.5) is 17.5 Å². The Kier molecular flexibility index (Phi) is 6.74. The van der Waals surface area contributed by atoms with Gasteiger partial charge in [0.15, 0.2) is 0 Å². The van der Waals surface area contributed by atoms with Crippen LogP contribution in [-0.2, 0) is 4.74 Å². The van der Waals surface area contributed by atoms with Crippen molar-refractivity contribution in [3.63, 3.8) is 0 Å². The van der Waals surface area contributed by atoms with Gasteiger partial charge in [-0.1, -0.05) is 26.0 Å². The minimum atomic E-state index is -0.367. The number of carbonyl (C=O) groups excluding carboxylic acids is 1. The third-order valence-electron chi connectivity index (χ3n) is 3.55. The zero-order valence-electron chi connectivity index (χ0n) is 15.3. The van der Waals surface area contributed by atoms with Gasteiger partial charge in [-0.25, -0.2) is 9.78 Å². The molecule has 1 aromatic carbocycles. The van der Waals surface area contributed by atoms with Crippen molar-refractivity contribution in [2.45, 2.75) is 34.1 Å². The number of ether oxygens (including phenoxy) is 1. The van der Waals surface area contributed by atoms with Gasteiger partial charge < -0.3 is 15.4 Å². The summed E-state index contributed by atoms with van der Waals surface area (Å²) in [7, 11) is 0. The molecule has 0 spiro atoms. The lowest BCUT2D eigenvalue weighted by Gasteiger charge is -2.13. The molecule has 0 fully saturated rings. The Morgan fingerprint density at radius 3 is 2.72 bits per heavy atom. The number of nitrogens with one attached hydrogen (secondary N) is 2. The van der Waals surface area contributed by atoms with Gasteiger partial charge in [0.05, 0.1) is 17.9 Å². The molecular weight excluding hydrogens is 316 g/mol. The third kappa shape index (κ3) is 5.74. The molecule has 0 bridgehead atoms. The average molecular weight is 342 g/mol. The van der Waals surface area contributed by atoms with E-state index in [1.54, 1.807) is 19.1 Å². The molecular formula is C19H26N4O2. The smallest absolute Gasteiger partial charge is 0.340 e. The summed E-state index contributed by atoms with van der Waals surface area (Å²) >= 11 is 0. The average Bonchev–Trinajstić information content (AvgIpc) is 2.54. The van der Waals surface area contributed by atoms with Crippen LogP contribution in [-0.4, -0.2) is 29.1 Å². The predicted molar refractivity (Wildman–Crippen MR) is 100 cm³/mol. The van der Waals surface area contributed by atoms with Crippen molar-refractivity contribution in [3.05, 3.63) is 41.6 Å². The van der Waals surface area contributed by atoms with Gasteiger partial charge in [-0.15, -0.1) is 0 Å². The molecule has 0 atom stereocenters. The Balaban J connectivity index is 2.17. The van der Waals surface area contributed by atoms with E-state index in [4.69, 9.17) is 4.74 Å². The molecule has 0 aliphatic carbocycles. The lowest BCUT2D eigenvalue weighted by molar-refractivity contribution is 0.0527. The molecule has 25 heavy (non-hydrogen) atoms. The van der Waals surface area contributed by atoms with Gasteiger partial charge in [0, 0.05) is 18.3 Å². The van der Waals surface area contributed by atoms with Crippen molar-refractivity contribution in [2.75, 3.05) is 23.8 Å². The zero-order valence-corrected chi connectivity index (χ0v) is 15.3. The van der Waals surface area contributed by atoms with Crippen LogP contribution < -0.4 is 10.6 Å². The maximum Gasteiger partial charge on any atom is 0.340 e. The molecule has 0 saturated heterocycles. The van der Waals surface area contributed by atoms with Gasteiger partial charge in [-0.2, -0.15) is 4.98 Å². The first-order chi connectivity index (χ1) is 12.0. The number of carbonyl (C=O) groups is 1. The molecule has 0 aliphatic heterocycles. The molecule has 0 radical (unpaired) electrons. The number of benzene rings is 1. The highest BCUT2D eigenvalue weighted by Crippen LogP contribution is 2.21. The summed E-state index contributed by atoms with van der Waals surface area (Å²) in [4.78, 5) is 21.0. The lowest BCUT2D eigenvalue weighted by atomic mass is 10.1. The lowest BCUT2D eigenvalue weighted by Crippen LogP contribution is -2.11. The number of aryl methyl sites for hydroxylation is 1. The summed E-state index contributed by atoms with van der Waals surface area (Å²) in [5, 5.41) is 6.45. The largest absolute Gasteiger partial charge is 0.462 e.